The standard InChI is InChI=1S/C18H17NO3/c1-12-7-3-6-10-15(12)19-17(21)18(2)11-13-8-4-5-9-14(13)16(20)22-18/h3-10H,11H2,1-2H3,(H,19,21)/t18-/m0/s1. The minimum atomic E-state index is -1.20. The second kappa shape index (κ2) is 5.30. The van der Waals surface area contributed by atoms with E-state index in [1.54, 1.807) is 19.1 Å². The van der Waals surface area contributed by atoms with Crippen LogP contribution in [0.4, 0.5) is 5.69 Å². The number of benzene rings is 2. The second-order valence-electron chi connectivity index (χ2n) is 5.72. The van der Waals surface area contributed by atoms with Crippen LogP contribution in [0.5, 0.6) is 0 Å². The lowest BCUT2D eigenvalue weighted by Crippen LogP contribution is -2.49. The molecular weight excluding hydrogens is 278 g/mol. The normalized spacial score (nSPS) is 20.0. The Morgan fingerprint density at radius 2 is 1.82 bits per heavy atom. The summed E-state index contributed by atoms with van der Waals surface area (Å²) in [6.45, 7) is 3.56. The van der Waals surface area contributed by atoms with E-state index in [0.29, 0.717) is 12.0 Å². The molecule has 1 amide bonds. The summed E-state index contributed by atoms with van der Waals surface area (Å²) in [6.07, 6.45) is 0.368. The van der Waals surface area contributed by atoms with Gasteiger partial charge in [0.2, 0.25) is 0 Å². The van der Waals surface area contributed by atoms with E-state index in [-0.39, 0.29) is 5.91 Å². The molecule has 0 unspecified atom stereocenters. The highest BCUT2D eigenvalue weighted by Crippen LogP contribution is 2.29. The Kier molecular flexibility index (Phi) is 3.45. The molecule has 0 spiro atoms. The van der Waals surface area contributed by atoms with Crippen LogP contribution in [0.15, 0.2) is 48.5 Å². The molecule has 0 saturated carbocycles. The first kappa shape index (κ1) is 14.3. The molecule has 0 radical (unpaired) electrons. The van der Waals surface area contributed by atoms with E-state index in [0.717, 1.165) is 16.8 Å². The fourth-order valence-corrected chi connectivity index (χ4v) is 2.63. The molecule has 2 aromatic carbocycles. The van der Waals surface area contributed by atoms with Crippen molar-refractivity contribution in [2.45, 2.75) is 25.9 Å². The van der Waals surface area contributed by atoms with Gasteiger partial charge in [-0.25, -0.2) is 4.79 Å². The number of hydrogen-bond acceptors (Lipinski definition) is 3. The topological polar surface area (TPSA) is 55.4 Å². The van der Waals surface area contributed by atoms with Crippen molar-refractivity contribution >= 4 is 17.6 Å². The molecule has 0 saturated heterocycles. The van der Waals surface area contributed by atoms with Crippen LogP contribution in [0.2, 0.25) is 0 Å². The van der Waals surface area contributed by atoms with Crippen LogP contribution < -0.4 is 5.32 Å². The highest BCUT2D eigenvalue weighted by molar-refractivity contribution is 6.02. The summed E-state index contributed by atoms with van der Waals surface area (Å²) >= 11 is 0. The highest BCUT2D eigenvalue weighted by atomic mass is 16.6. The maximum Gasteiger partial charge on any atom is 0.339 e. The van der Waals surface area contributed by atoms with Crippen LogP contribution in [0.25, 0.3) is 0 Å². The van der Waals surface area contributed by atoms with Crippen LogP contribution >= 0.6 is 0 Å². The quantitative estimate of drug-likeness (QED) is 0.866. The maximum absolute atomic E-state index is 12.6. The average Bonchev–Trinajstić information content (AvgIpc) is 2.49. The summed E-state index contributed by atoms with van der Waals surface area (Å²) in [5, 5.41) is 2.86. The lowest BCUT2D eigenvalue weighted by atomic mass is 9.89. The van der Waals surface area contributed by atoms with Gasteiger partial charge in [0.25, 0.3) is 5.91 Å². The monoisotopic (exact) mass is 295 g/mol. The number of aryl methyl sites for hydroxylation is 1. The molecule has 1 N–H and O–H groups in total. The summed E-state index contributed by atoms with van der Waals surface area (Å²) in [6, 6.07) is 14.7. The molecule has 1 aliphatic heterocycles. The summed E-state index contributed by atoms with van der Waals surface area (Å²) < 4.78 is 5.42. The van der Waals surface area contributed by atoms with Gasteiger partial charge in [-0.3, -0.25) is 4.79 Å². The number of carbonyl (C=O) groups is 2. The van der Waals surface area contributed by atoms with Gasteiger partial charge in [-0.15, -0.1) is 0 Å². The van der Waals surface area contributed by atoms with Crippen LogP contribution in [-0.4, -0.2) is 17.5 Å². The van der Waals surface area contributed by atoms with Gasteiger partial charge in [0.05, 0.1) is 5.56 Å². The Bertz CT molecular complexity index is 754. The van der Waals surface area contributed by atoms with Crippen molar-refractivity contribution in [2.24, 2.45) is 0 Å². The van der Waals surface area contributed by atoms with Gasteiger partial charge in [-0.05, 0) is 37.1 Å². The van der Waals surface area contributed by atoms with E-state index < -0.39 is 11.6 Å². The van der Waals surface area contributed by atoms with Gasteiger partial charge in [-0.2, -0.15) is 0 Å². The van der Waals surface area contributed by atoms with Crippen molar-refractivity contribution < 1.29 is 14.3 Å². The molecule has 0 bridgehead atoms. The predicted molar refractivity (Wildman–Crippen MR) is 83.8 cm³/mol. The van der Waals surface area contributed by atoms with Gasteiger partial charge in [-0.1, -0.05) is 36.4 Å². The maximum atomic E-state index is 12.6. The molecule has 4 heteroatoms. The Hall–Kier alpha value is -2.62. The zero-order valence-electron chi connectivity index (χ0n) is 12.6. The number of cyclic esters (lactones) is 1. The largest absolute Gasteiger partial charge is 0.445 e. The van der Waals surface area contributed by atoms with Crippen molar-refractivity contribution in [1.29, 1.82) is 0 Å². The zero-order chi connectivity index (χ0) is 15.7. The number of carbonyl (C=O) groups excluding carboxylic acids is 2. The van der Waals surface area contributed by atoms with Gasteiger partial charge < -0.3 is 10.1 Å². The summed E-state index contributed by atoms with van der Waals surface area (Å²) in [4.78, 5) is 24.7. The van der Waals surface area contributed by atoms with E-state index in [2.05, 4.69) is 5.32 Å². The first-order valence-corrected chi connectivity index (χ1v) is 7.18. The van der Waals surface area contributed by atoms with E-state index in [1.807, 2.05) is 43.3 Å². The molecule has 3 rings (SSSR count). The van der Waals surface area contributed by atoms with Crippen molar-refractivity contribution in [3.8, 4) is 0 Å². The number of anilines is 1. The van der Waals surface area contributed by atoms with Gasteiger partial charge in [0.15, 0.2) is 5.60 Å². The molecule has 1 atom stereocenters. The number of ether oxygens (including phenoxy) is 1. The minimum absolute atomic E-state index is 0.315. The van der Waals surface area contributed by atoms with Gasteiger partial charge in [0.1, 0.15) is 0 Å². The molecule has 22 heavy (non-hydrogen) atoms. The molecule has 1 aliphatic rings. The molecule has 4 nitrogen and oxygen atoms in total. The lowest BCUT2D eigenvalue weighted by molar-refractivity contribution is -0.134. The minimum Gasteiger partial charge on any atom is -0.445 e. The molecule has 0 fully saturated rings. The fraction of sp³-hybridized carbons (Fsp3) is 0.222. The Labute approximate surface area is 129 Å². The SMILES string of the molecule is Cc1ccccc1NC(=O)[C@]1(C)Cc2ccccc2C(=O)O1. The van der Waals surface area contributed by atoms with Gasteiger partial charge >= 0.3 is 5.97 Å². The van der Waals surface area contributed by atoms with Crippen LogP contribution in [0, 0.1) is 6.92 Å². The number of amides is 1. The predicted octanol–water partition coefficient (Wildman–Crippen LogP) is 3.11. The Balaban J connectivity index is 1.87. The lowest BCUT2D eigenvalue weighted by Gasteiger charge is -2.33. The Morgan fingerprint density at radius 3 is 2.59 bits per heavy atom. The molecule has 2 aromatic rings. The summed E-state index contributed by atoms with van der Waals surface area (Å²) in [7, 11) is 0. The zero-order valence-corrected chi connectivity index (χ0v) is 12.6. The third-order valence-electron chi connectivity index (χ3n) is 3.96. The van der Waals surface area contributed by atoms with Crippen LogP contribution in [0.1, 0.15) is 28.4 Å². The number of esters is 1. The number of nitrogens with one attached hydrogen (secondary N) is 1. The van der Waals surface area contributed by atoms with E-state index >= 15 is 0 Å². The van der Waals surface area contributed by atoms with Crippen LogP contribution in [-0.2, 0) is 16.0 Å². The van der Waals surface area contributed by atoms with Crippen LogP contribution in [0.3, 0.4) is 0 Å². The average molecular weight is 295 g/mol. The number of rotatable bonds is 2. The first-order valence-electron chi connectivity index (χ1n) is 7.18. The smallest absolute Gasteiger partial charge is 0.339 e. The third kappa shape index (κ3) is 2.48. The molecule has 0 aliphatic carbocycles. The molecule has 112 valence electrons. The number of hydrogen-bond donors (Lipinski definition) is 1. The first-order chi connectivity index (χ1) is 10.5. The van der Waals surface area contributed by atoms with E-state index in [1.165, 1.54) is 0 Å². The number of para-hydroxylation sites is 1. The number of fused-ring (bicyclic) bond motifs is 1. The van der Waals surface area contributed by atoms with Crippen molar-refractivity contribution in [3.63, 3.8) is 0 Å². The molecule has 1 heterocycles. The van der Waals surface area contributed by atoms with E-state index in [4.69, 9.17) is 4.74 Å². The third-order valence-corrected chi connectivity index (χ3v) is 3.96. The highest BCUT2D eigenvalue weighted by Gasteiger charge is 2.42. The van der Waals surface area contributed by atoms with Crippen molar-refractivity contribution in [1.82, 2.24) is 0 Å². The van der Waals surface area contributed by atoms with Crippen molar-refractivity contribution in [3.05, 3.63) is 65.2 Å². The summed E-state index contributed by atoms with van der Waals surface area (Å²) in [5.74, 6) is -0.770. The van der Waals surface area contributed by atoms with Gasteiger partial charge in [0, 0.05) is 12.1 Å². The molecule has 0 aromatic heterocycles. The Morgan fingerprint density at radius 1 is 1.14 bits per heavy atom. The summed E-state index contributed by atoms with van der Waals surface area (Å²) in [5.41, 5.74) is 1.85. The van der Waals surface area contributed by atoms with Crippen molar-refractivity contribution in [2.75, 3.05) is 5.32 Å². The molecular formula is C18H17NO3. The second-order valence-corrected chi connectivity index (χ2v) is 5.72. The fourth-order valence-electron chi connectivity index (χ4n) is 2.63. The van der Waals surface area contributed by atoms with E-state index in [9.17, 15) is 9.59 Å².